The SMILES string of the molecule is CC[C@H]1OC(=O)[C@H](C)[C@@H](O[C@H]2C[C@@](C)(OC)[C@@H](O)[C@H](C)O2)[C@H](C)[C@@H](O[C@@H]2O[C@H](C)C[C@H](N(C)C)[C@H]2OC=CC(C)=O)[C@@](C)(O)C[C@@H](C)CN(C)[C@H](C)[C@@H](O)[C@]1(C)O. The van der Waals surface area contributed by atoms with Gasteiger partial charge in [-0.25, -0.2) is 0 Å². The average molecular weight is 817 g/mol. The predicted molar refractivity (Wildman–Crippen MR) is 213 cm³/mol. The average Bonchev–Trinajstić information content (AvgIpc) is 3.12. The number of hydrogen-bond donors (Lipinski definition) is 4. The number of nitrogens with zero attached hydrogens (tertiary/aromatic N) is 2. The Balaban J connectivity index is 2.23. The number of rotatable bonds is 10. The second kappa shape index (κ2) is 20.2. The minimum absolute atomic E-state index is 0.119. The Morgan fingerprint density at radius 1 is 0.982 bits per heavy atom. The summed E-state index contributed by atoms with van der Waals surface area (Å²) in [5.41, 5.74) is -4.44. The summed E-state index contributed by atoms with van der Waals surface area (Å²) in [6.07, 6.45) is -5.29. The number of allylic oxidation sites excluding steroid dienone is 1. The molecule has 15 nitrogen and oxygen atoms in total. The van der Waals surface area contributed by atoms with Gasteiger partial charge in [-0.05, 0) is 102 Å². The summed E-state index contributed by atoms with van der Waals surface area (Å²) in [7, 11) is 7.20. The normalized spacial score (nSPS) is 46.3. The van der Waals surface area contributed by atoms with E-state index in [2.05, 4.69) is 0 Å². The van der Waals surface area contributed by atoms with E-state index < -0.39 is 96.0 Å². The zero-order valence-corrected chi connectivity index (χ0v) is 37.2. The highest BCUT2D eigenvalue weighted by molar-refractivity contribution is 5.86. The molecule has 4 N–H and O–H groups in total. The van der Waals surface area contributed by atoms with Crippen LogP contribution in [-0.2, 0) is 42.7 Å². The van der Waals surface area contributed by atoms with E-state index in [1.54, 1.807) is 41.5 Å². The third-order valence-corrected chi connectivity index (χ3v) is 12.7. The summed E-state index contributed by atoms with van der Waals surface area (Å²) in [5, 5.41) is 47.1. The zero-order valence-electron chi connectivity index (χ0n) is 37.2. The molecule has 0 unspecified atom stereocenters. The number of aliphatic hydroxyl groups excluding tert-OH is 2. The first-order chi connectivity index (χ1) is 26.3. The Hall–Kier alpha value is -1.76. The van der Waals surface area contributed by atoms with Gasteiger partial charge in [-0.15, -0.1) is 0 Å². The Bertz CT molecular complexity index is 1330. The molecular formula is C42H76N2O13. The molecule has 0 aromatic heterocycles. The smallest absolute Gasteiger partial charge is 0.311 e. The maximum atomic E-state index is 14.4. The van der Waals surface area contributed by atoms with Crippen LogP contribution in [0.2, 0.25) is 0 Å². The fourth-order valence-electron chi connectivity index (χ4n) is 9.09. The molecule has 0 aliphatic carbocycles. The molecule has 18 atom stereocenters. The van der Waals surface area contributed by atoms with Crippen LogP contribution in [0.5, 0.6) is 0 Å². The van der Waals surface area contributed by atoms with Gasteiger partial charge in [0.05, 0.1) is 53.8 Å². The summed E-state index contributed by atoms with van der Waals surface area (Å²) in [4.78, 5) is 30.2. The number of ether oxygens (including phenoxy) is 7. The first-order valence-electron chi connectivity index (χ1n) is 20.7. The Morgan fingerprint density at radius 3 is 2.18 bits per heavy atom. The lowest BCUT2D eigenvalue weighted by Crippen LogP contribution is -2.60. The molecular weight excluding hydrogens is 740 g/mol. The first kappa shape index (κ1) is 49.6. The van der Waals surface area contributed by atoms with Crippen molar-refractivity contribution >= 4 is 11.8 Å². The number of carbonyl (C=O) groups excluding carboxylic acids is 2. The van der Waals surface area contributed by atoms with E-state index in [0.29, 0.717) is 13.0 Å². The Kier molecular flexibility index (Phi) is 17.6. The van der Waals surface area contributed by atoms with Crippen LogP contribution in [0.1, 0.15) is 102 Å². The third kappa shape index (κ3) is 12.0. The van der Waals surface area contributed by atoms with Crippen molar-refractivity contribution in [1.29, 1.82) is 0 Å². The molecule has 0 aromatic carbocycles. The van der Waals surface area contributed by atoms with Gasteiger partial charge in [0.15, 0.2) is 24.5 Å². The van der Waals surface area contributed by atoms with Gasteiger partial charge in [0.1, 0.15) is 23.9 Å². The topological polar surface area (TPSA) is 186 Å². The van der Waals surface area contributed by atoms with Gasteiger partial charge in [-0.2, -0.15) is 0 Å². The molecule has 3 rings (SSSR count). The quantitative estimate of drug-likeness (QED) is 0.143. The van der Waals surface area contributed by atoms with E-state index in [1.807, 2.05) is 51.7 Å². The molecule has 0 spiro atoms. The fourth-order valence-corrected chi connectivity index (χ4v) is 9.09. The summed E-state index contributed by atoms with van der Waals surface area (Å²) in [5.74, 6) is -2.85. The molecule has 57 heavy (non-hydrogen) atoms. The molecule has 3 aliphatic rings. The van der Waals surface area contributed by atoms with E-state index in [1.165, 1.54) is 33.3 Å². The minimum atomic E-state index is -1.82. The number of methoxy groups -OCH3 is 1. The summed E-state index contributed by atoms with van der Waals surface area (Å²) in [6, 6.07) is -0.755. The molecule has 0 radical (unpaired) electrons. The van der Waals surface area contributed by atoms with E-state index in [9.17, 15) is 30.0 Å². The van der Waals surface area contributed by atoms with Gasteiger partial charge in [-0.3, -0.25) is 9.59 Å². The maximum absolute atomic E-state index is 14.4. The van der Waals surface area contributed by atoms with E-state index in [0.717, 1.165) is 0 Å². The molecule has 0 saturated carbocycles. The van der Waals surface area contributed by atoms with Crippen LogP contribution in [0.25, 0.3) is 0 Å². The number of hydrogen-bond acceptors (Lipinski definition) is 15. The zero-order chi connectivity index (χ0) is 43.4. The molecule has 3 aliphatic heterocycles. The van der Waals surface area contributed by atoms with Crippen molar-refractivity contribution in [1.82, 2.24) is 9.80 Å². The van der Waals surface area contributed by atoms with Gasteiger partial charge in [0.2, 0.25) is 0 Å². The highest BCUT2D eigenvalue weighted by Crippen LogP contribution is 2.40. The lowest BCUT2D eigenvalue weighted by Gasteiger charge is -2.49. The number of ketones is 1. The summed E-state index contributed by atoms with van der Waals surface area (Å²) >= 11 is 0. The number of cyclic esters (lactones) is 1. The van der Waals surface area contributed by atoms with Crippen LogP contribution in [0, 0.1) is 17.8 Å². The van der Waals surface area contributed by atoms with Gasteiger partial charge in [-0.1, -0.05) is 20.8 Å². The van der Waals surface area contributed by atoms with Crippen LogP contribution >= 0.6 is 0 Å². The standard InChI is InChI=1S/C42H76N2O13/c1-16-31-42(11,50)35(46)28(7)44(14)22-23(2)20-40(9,49)37(57-39-34(52-18-17-24(3)45)30(43(12)13)19-25(4)53-39)26(5)33(27(6)38(48)55-31)56-32-21-41(10,51-15)36(47)29(8)54-32/h17-18,23,25-37,39,46-47,49-50H,16,19-22H2,1-15H3/t23-,25-,26+,27-,28-,29+,30+,31-,32+,33+,34-,35-,36+,37-,39+,40+,41-,42-/m1/s1. The maximum Gasteiger partial charge on any atom is 0.311 e. The van der Waals surface area contributed by atoms with Gasteiger partial charge in [0.25, 0.3) is 0 Å². The second-order valence-corrected chi connectivity index (χ2v) is 18.2. The molecule has 15 heteroatoms. The number of carbonyl (C=O) groups is 2. The monoisotopic (exact) mass is 817 g/mol. The minimum Gasteiger partial charge on any atom is -0.491 e. The molecule has 0 bridgehead atoms. The van der Waals surface area contributed by atoms with Crippen molar-refractivity contribution < 1.29 is 63.2 Å². The van der Waals surface area contributed by atoms with Crippen molar-refractivity contribution in [3.05, 3.63) is 12.3 Å². The summed E-state index contributed by atoms with van der Waals surface area (Å²) in [6.45, 7) is 19.5. The number of likely N-dealkylation sites (N-methyl/N-ethyl adjacent to an activating group) is 2. The number of aliphatic hydroxyl groups is 4. The van der Waals surface area contributed by atoms with E-state index >= 15 is 0 Å². The van der Waals surface area contributed by atoms with Crippen LogP contribution < -0.4 is 0 Å². The van der Waals surface area contributed by atoms with Crippen molar-refractivity contribution in [3.63, 3.8) is 0 Å². The van der Waals surface area contributed by atoms with Crippen LogP contribution in [-0.4, -0.2) is 167 Å². The molecule has 0 aromatic rings. The van der Waals surface area contributed by atoms with Crippen molar-refractivity contribution in [2.24, 2.45) is 17.8 Å². The molecule has 3 saturated heterocycles. The molecule has 3 fully saturated rings. The number of esters is 1. The largest absolute Gasteiger partial charge is 0.491 e. The Morgan fingerprint density at radius 2 is 1.61 bits per heavy atom. The molecule has 0 amide bonds. The van der Waals surface area contributed by atoms with Crippen molar-refractivity contribution in [2.45, 2.75) is 192 Å². The molecule has 332 valence electrons. The lowest BCUT2D eigenvalue weighted by atomic mass is 9.77. The Labute approximate surface area is 341 Å². The second-order valence-electron chi connectivity index (χ2n) is 18.2. The highest BCUT2D eigenvalue weighted by Gasteiger charge is 2.53. The van der Waals surface area contributed by atoms with Crippen LogP contribution in [0.4, 0.5) is 0 Å². The van der Waals surface area contributed by atoms with Crippen molar-refractivity contribution in [2.75, 3.05) is 34.8 Å². The van der Waals surface area contributed by atoms with Gasteiger partial charge >= 0.3 is 5.97 Å². The third-order valence-electron chi connectivity index (χ3n) is 12.7. The fraction of sp³-hybridized carbons (Fsp3) is 0.905. The highest BCUT2D eigenvalue weighted by atomic mass is 16.7. The molecule has 3 heterocycles. The van der Waals surface area contributed by atoms with Crippen LogP contribution in [0.15, 0.2) is 12.3 Å². The first-order valence-corrected chi connectivity index (χ1v) is 20.7. The summed E-state index contributed by atoms with van der Waals surface area (Å²) < 4.78 is 44.5. The van der Waals surface area contributed by atoms with Gasteiger partial charge < -0.3 is 63.4 Å². The van der Waals surface area contributed by atoms with E-state index in [4.69, 9.17) is 33.2 Å². The predicted octanol–water partition coefficient (Wildman–Crippen LogP) is 3.03. The van der Waals surface area contributed by atoms with Crippen molar-refractivity contribution in [3.8, 4) is 0 Å². The van der Waals surface area contributed by atoms with Gasteiger partial charge in [0, 0.05) is 38.1 Å². The van der Waals surface area contributed by atoms with E-state index in [-0.39, 0.29) is 43.1 Å². The lowest BCUT2D eigenvalue weighted by molar-refractivity contribution is -0.318. The van der Waals surface area contributed by atoms with Crippen LogP contribution in [0.3, 0.4) is 0 Å².